The second-order valence-corrected chi connectivity index (χ2v) is 5.24. The molecule has 1 N–H and O–H groups in total. The fraction of sp³-hybridized carbons (Fsp3) is 0.692. The first-order chi connectivity index (χ1) is 8.27. The van der Waals surface area contributed by atoms with Gasteiger partial charge in [-0.05, 0) is 25.7 Å². The van der Waals surface area contributed by atoms with Gasteiger partial charge in [-0.1, -0.05) is 6.92 Å². The van der Waals surface area contributed by atoms with Crippen molar-refractivity contribution >= 4 is 30.6 Å². The van der Waals surface area contributed by atoms with E-state index in [9.17, 15) is 0 Å². The average molecular weight is 305 g/mol. The molecule has 1 fully saturated rings. The molecule has 19 heavy (non-hydrogen) atoms. The van der Waals surface area contributed by atoms with Crippen molar-refractivity contribution in [2.75, 3.05) is 24.5 Å². The van der Waals surface area contributed by atoms with Crippen molar-refractivity contribution in [1.29, 1.82) is 0 Å². The summed E-state index contributed by atoms with van der Waals surface area (Å²) in [6.45, 7) is 7.72. The van der Waals surface area contributed by atoms with Crippen molar-refractivity contribution in [3.63, 3.8) is 0 Å². The minimum Gasteiger partial charge on any atom is -0.351 e. The Labute approximate surface area is 127 Å². The van der Waals surface area contributed by atoms with Gasteiger partial charge in [0.05, 0.1) is 0 Å². The van der Waals surface area contributed by atoms with Crippen LogP contribution in [0.5, 0.6) is 0 Å². The minimum absolute atomic E-state index is 0. The van der Waals surface area contributed by atoms with Gasteiger partial charge < -0.3 is 10.2 Å². The number of fused-ring (bicyclic) bond motifs is 1. The predicted octanol–water partition coefficient (Wildman–Crippen LogP) is 2.17. The molecule has 2 atom stereocenters. The summed E-state index contributed by atoms with van der Waals surface area (Å²) in [6.07, 6.45) is 4.08. The third-order valence-corrected chi connectivity index (χ3v) is 4.03. The van der Waals surface area contributed by atoms with Crippen LogP contribution < -0.4 is 10.2 Å². The zero-order valence-corrected chi connectivity index (χ0v) is 13.1. The fourth-order valence-corrected chi connectivity index (χ4v) is 3.01. The Hall–Kier alpha value is -0.580. The van der Waals surface area contributed by atoms with E-state index in [1.807, 2.05) is 0 Å². The Morgan fingerprint density at radius 2 is 2.05 bits per heavy atom. The largest absolute Gasteiger partial charge is 0.351 e. The van der Waals surface area contributed by atoms with Crippen LogP contribution in [0.15, 0.2) is 6.33 Å². The van der Waals surface area contributed by atoms with Crippen molar-refractivity contribution in [2.24, 2.45) is 0 Å². The predicted molar refractivity (Wildman–Crippen MR) is 82.9 cm³/mol. The van der Waals surface area contributed by atoms with Crippen LogP contribution in [0.3, 0.4) is 0 Å². The molecular weight excluding hydrogens is 283 g/mol. The van der Waals surface area contributed by atoms with Crippen LogP contribution in [-0.2, 0) is 6.42 Å². The van der Waals surface area contributed by atoms with Gasteiger partial charge in [0.15, 0.2) is 0 Å². The summed E-state index contributed by atoms with van der Waals surface area (Å²) < 4.78 is 0. The number of anilines is 1. The maximum atomic E-state index is 4.56. The highest BCUT2D eigenvalue weighted by atomic mass is 35.5. The van der Waals surface area contributed by atoms with Gasteiger partial charge in [0.1, 0.15) is 12.1 Å². The lowest BCUT2D eigenvalue weighted by molar-refractivity contribution is 0.494. The standard InChI is InChI=1S/C13H20N4.2ClH/c1-9-3-4-11-12(9)13(16-8-15-11)17-6-5-14-7-10(17)2;;/h8-10,14H,3-7H2,1-2H3;2*1H. The average Bonchev–Trinajstić information content (AvgIpc) is 2.72. The molecule has 1 aromatic heterocycles. The van der Waals surface area contributed by atoms with Gasteiger partial charge in [0.2, 0.25) is 0 Å². The number of nitrogens with one attached hydrogen (secondary N) is 1. The number of hydrogen-bond acceptors (Lipinski definition) is 4. The van der Waals surface area contributed by atoms with E-state index in [4.69, 9.17) is 0 Å². The first-order valence-corrected chi connectivity index (χ1v) is 6.58. The smallest absolute Gasteiger partial charge is 0.136 e. The van der Waals surface area contributed by atoms with Crippen LogP contribution >= 0.6 is 24.8 Å². The summed E-state index contributed by atoms with van der Waals surface area (Å²) in [7, 11) is 0. The van der Waals surface area contributed by atoms with Crippen LogP contribution in [0.1, 0.15) is 37.4 Å². The molecule has 4 nitrogen and oxygen atoms in total. The molecule has 1 saturated heterocycles. The van der Waals surface area contributed by atoms with Crippen molar-refractivity contribution in [1.82, 2.24) is 15.3 Å². The second-order valence-electron chi connectivity index (χ2n) is 5.24. The van der Waals surface area contributed by atoms with Crippen LogP contribution in [-0.4, -0.2) is 35.6 Å². The summed E-state index contributed by atoms with van der Waals surface area (Å²) in [4.78, 5) is 11.4. The normalized spacial score (nSPS) is 25.3. The lowest BCUT2D eigenvalue weighted by atomic mass is 10.0. The van der Waals surface area contributed by atoms with Gasteiger partial charge in [-0.15, -0.1) is 24.8 Å². The third kappa shape index (κ3) is 2.96. The molecule has 3 rings (SSSR count). The maximum absolute atomic E-state index is 4.56. The molecule has 0 spiro atoms. The highest BCUT2D eigenvalue weighted by Gasteiger charge is 2.29. The first-order valence-electron chi connectivity index (χ1n) is 6.58. The molecule has 2 aliphatic rings. The lowest BCUT2D eigenvalue weighted by Gasteiger charge is -2.36. The highest BCUT2D eigenvalue weighted by Crippen LogP contribution is 2.37. The highest BCUT2D eigenvalue weighted by molar-refractivity contribution is 5.85. The molecule has 0 aromatic carbocycles. The molecule has 0 bridgehead atoms. The molecule has 0 saturated carbocycles. The molecule has 2 heterocycles. The molecular formula is C13H22Cl2N4. The number of halogens is 2. The Bertz CT molecular complexity index is 427. The molecule has 0 radical (unpaired) electrons. The number of piperazine rings is 1. The Kier molecular flexibility index (Phi) is 5.83. The van der Waals surface area contributed by atoms with Crippen LogP contribution in [0.25, 0.3) is 0 Å². The van der Waals surface area contributed by atoms with E-state index >= 15 is 0 Å². The summed E-state index contributed by atoms with van der Waals surface area (Å²) in [5, 5.41) is 3.43. The number of rotatable bonds is 1. The number of aryl methyl sites for hydroxylation is 1. The van der Waals surface area contributed by atoms with Gasteiger partial charge in [-0.3, -0.25) is 0 Å². The Morgan fingerprint density at radius 1 is 1.26 bits per heavy atom. The van der Waals surface area contributed by atoms with Gasteiger partial charge in [0.25, 0.3) is 0 Å². The second kappa shape index (κ2) is 6.73. The van der Waals surface area contributed by atoms with Crippen LogP contribution in [0.2, 0.25) is 0 Å². The zero-order valence-electron chi connectivity index (χ0n) is 11.4. The number of hydrogen-bond donors (Lipinski definition) is 1. The van der Waals surface area contributed by atoms with Crippen molar-refractivity contribution < 1.29 is 0 Å². The van der Waals surface area contributed by atoms with Crippen molar-refractivity contribution in [2.45, 2.75) is 38.6 Å². The van der Waals surface area contributed by atoms with E-state index in [1.165, 1.54) is 23.5 Å². The summed E-state index contributed by atoms with van der Waals surface area (Å²) >= 11 is 0. The molecule has 1 aliphatic heterocycles. The van der Waals surface area contributed by atoms with E-state index in [-0.39, 0.29) is 24.8 Å². The Balaban J connectivity index is 0.000000902. The summed E-state index contributed by atoms with van der Waals surface area (Å²) in [6, 6.07) is 0.524. The van der Waals surface area contributed by atoms with E-state index in [1.54, 1.807) is 6.33 Å². The van der Waals surface area contributed by atoms with Crippen molar-refractivity contribution in [3.8, 4) is 0 Å². The SMILES string of the molecule is CC1CCc2ncnc(N3CCNCC3C)c21.Cl.Cl. The fourth-order valence-electron chi connectivity index (χ4n) is 3.01. The number of aromatic nitrogens is 2. The number of nitrogens with zero attached hydrogens (tertiary/aromatic N) is 3. The van der Waals surface area contributed by atoms with E-state index < -0.39 is 0 Å². The molecule has 0 amide bonds. The van der Waals surface area contributed by atoms with Crippen molar-refractivity contribution in [3.05, 3.63) is 17.6 Å². The third-order valence-electron chi connectivity index (χ3n) is 4.03. The van der Waals surface area contributed by atoms with E-state index in [0.717, 1.165) is 26.1 Å². The minimum atomic E-state index is 0. The first kappa shape index (κ1) is 16.5. The van der Waals surface area contributed by atoms with Crippen LogP contribution in [0.4, 0.5) is 5.82 Å². The quantitative estimate of drug-likeness (QED) is 0.863. The molecule has 1 aliphatic carbocycles. The zero-order chi connectivity index (χ0) is 11.8. The van der Waals surface area contributed by atoms with E-state index in [2.05, 4.69) is 34.0 Å². The summed E-state index contributed by atoms with van der Waals surface area (Å²) in [5.74, 6) is 1.80. The van der Waals surface area contributed by atoms with Gasteiger partial charge in [0, 0.05) is 36.9 Å². The maximum Gasteiger partial charge on any atom is 0.136 e. The topological polar surface area (TPSA) is 41.1 Å². The van der Waals surface area contributed by atoms with Gasteiger partial charge >= 0.3 is 0 Å². The molecule has 2 unspecified atom stereocenters. The molecule has 1 aromatic rings. The van der Waals surface area contributed by atoms with E-state index in [0.29, 0.717) is 12.0 Å². The summed E-state index contributed by atoms with van der Waals surface area (Å²) in [5.41, 5.74) is 2.68. The molecule has 6 heteroatoms. The van der Waals surface area contributed by atoms with Crippen LogP contribution in [0, 0.1) is 0 Å². The molecule has 108 valence electrons. The Morgan fingerprint density at radius 3 is 2.79 bits per heavy atom. The monoisotopic (exact) mass is 304 g/mol. The van der Waals surface area contributed by atoms with Gasteiger partial charge in [-0.25, -0.2) is 9.97 Å². The lowest BCUT2D eigenvalue weighted by Crippen LogP contribution is -2.50. The van der Waals surface area contributed by atoms with Gasteiger partial charge in [-0.2, -0.15) is 0 Å².